The minimum Gasteiger partial charge on any atom is -0.327 e. The molecule has 0 saturated carbocycles. The lowest BCUT2D eigenvalue weighted by Gasteiger charge is -2.05. The Morgan fingerprint density at radius 2 is 2.55 bits per heavy atom. The standard InChI is InChI=1S/C8H14N2S/c1-7(9)4-10-5-8-2-3-11-6-8/h2-3,6-7,10H,4-5,9H2,1H3. The molecule has 3 heteroatoms. The van der Waals surface area contributed by atoms with E-state index in [4.69, 9.17) is 5.73 Å². The van der Waals surface area contributed by atoms with E-state index in [1.54, 1.807) is 11.3 Å². The van der Waals surface area contributed by atoms with E-state index in [-0.39, 0.29) is 6.04 Å². The van der Waals surface area contributed by atoms with Crippen molar-refractivity contribution in [2.75, 3.05) is 6.54 Å². The molecular formula is C8H14N2S. The summed E-state index contributed by atoms with van der Waals surface area (Å²) in [6.07, 6.45) is 0. The summed E-state index contributed by atoms with van der Waals surface area (Å²) in [5, 5.41) is 7.50. The van der Waals surface area contributed by atoms with E-state index in [0.29, 0.717) is 0 Å². The molecule has 1 unspecified atom stereocenters. The third-order valence-electron chi connectivity index (χ3n) is 1.38. The summed E-state index contributed by atoms with van der Waals surface area (Å²) in [4.78, 5) is 0. The summed E-state index contributed by atoms with van der Waals surface area (Å²) in [7, 11) is 0. The minimum atomic E-state index is 0.244. The Balaban J connectivity index is 2.14. The first-order valence-electron chi connectivity index (χ1n) is 3.76. The zero-order valence-electron chi connectivity index (χ0n) is 6.71. The molecule has 2 nitrogen and oxygen atoms in total. The van der Waals surface area contributed by atoms with Gasteiger partial charge in [0, 0.05) is 19.1 Å². The van der Waals surface area contributed by atoms with Gasteiger partial charge >= 0.3 is 0 Å². The highest BCUT2D eigenvalue weighted by molar-refractivity contribution is 7.07. The fourth-order valence-electron chi connectivity index (χ4n) is 0.837. The molecule has 3 N–H and O–H groups in total. The normalized spacial score (nSPS) is 13.3. The van der Waals surface area contributed by atoms with Crippen molar-refractivity contribution >= 4 is 11.3 Å². The molecule has 0 bridgehead atoms. The van der Waals surface area contributed by atoms with Crippen molar-refractivity contribution in [1.82, 2.24) is 5.32 Å². The molecule has 0 radical (unpaired) electrons. The van der Waals surface area contributed by atoms with Gasteiger partial charge in [-0.2, -0.15) is 11.3 Å². The zero-order chi connectivity index (χ0) is 8.10. The van der Waals surface area contributed by atoms with Crippen molar-refractivity contribution < 1.29 is 0 Å². The van der Waals surface area contributed by atoms with E-state index in [0.717, 1.165) is 13.1 Å². The first kappa shape index (κ1) is 8.71. The lowest BCUT2D eigenvalue weighted by Crippen LogP contribution is -2.30. The molecule has 0 aromatic carbocycles. The van der Waals surface area contributed by atoms with Gasteiger partial charge < -0.3 is 11.1 Å². The van der Waals surface area contributed by atoms with Crippen LogP contribution < -0.4 is 11.1 Å². The zero-order valence-corrected chi connectivity index (χ0v) is 7.53. The second kappa shape index (κ2) is 4.49. The Kier molecular flexibility index (Phi) is 3.56. The highest BCUT2D eigenvalue weighted by Gasteiger charge is 1.94. The number of nitrogens with two attached hydrogens (primary N) is 1. The number of rotatable bonds is 4. The molecule has 1 heterocycles. The molecule has 0 aliphatic carbocycles. The number of hydrogen-bond donors (Lipinski definition) is 2. The van der Waals surface area contributed by atoms with Crippen LogP contribution in [0.25, 0.3) is 0 Å². The van der Waals surface area contributed by atoms with Gasteiger partial charge in [-0.1, -0.05) is 0 Å². The van der Waals surface area contributed by atoms with E-state index < -0.39 is 0 Å². The summed E-state index contributed by atoms with van der Waals surface area (Å²) in [6, 6.07) is 2.37. The quantitative estimate of drug-likeness (QED) is 0.712. The van der Waals surface area contributed by atoms with E-state index in [1.807, 2.05) is 6.92 Å². The van der Waals surface area contributed by atoms with Crippen molar-refractivity contribution in [1.29, 1.82) is 0 Å². The Morgan fingerprint density at radius 1 is 1.73 bits per heavy atom. The maximum absolute atomic E-state index is 5.57. The highest BCUT2D eigenvalue weighted by atomic mass is 32.1. The summed E-state index contributed by atoms with van der Waals surface area (Å²) >= 11 is 1.73. The molecule has 1 aromatic rings. The van der Waals surface area contributed by atoms with Crippen LogP contribution in [0.1, 0.15) is 12.5 Å². The lowest BCUT2D eigenvalue weighted by molar-refractivity contribution is 0.609. The molecule has 0 saturated heterocycles. The summed E-state index contributed by atoms with van der Waals surface area (Å²) < 4.78 is 0. The first-order chi connectivity index (χ1) is 5.29. The Labute approximate surface area is 71.4 Å². The third-order valence-corrected chi connectivity index (χ3v) is 2.11. The molecular weight excluding hydrogens is 156 g/mol. The van der Waals surface area contributed by atoms with Gasteiger partial charge in [0.2, 0.25) is 0 Å². The van der Waals surface area contributed by atoms with E-state index >= 15 is 0 Å². The van der Waals surface area contributed by atoms with Gasteiger partial charge in [-0.25, -0.2) is 0 Å². The van der Waals surface area contributed by atoms with Crippen LogP contribution in [0.5, 0.6) is 0 Å². The van der Waals surface area contributed by atoms with Crippen LogP contribution in [0.3, 0.4) is 0 Å². The molecule has 1 atom stereocenters. The van der Waals surface area contributed by atoms with Crippen molar-refractivity contribution in [3.63, 3.8) is 0 Å². The minimum absolute atomic E-state index is 0.244. The van der Waals surface area contributed by atoms with Gasteiger partial charge in [0.25, 0.3) is 0 Å². The van der Waals surface area contributed by atoms with Crippen LogP contribution in [0.4, 0.5) is 0 Å². The van der Waals surface area contributed by atoms with Crippen LogP contribution >= 0.6 is 11.3 Å². The van der Waals surface area contributed by atoms with Crippen LogP contribution in [-0.2, 0) is 6.54 Å². The maximum atomic E-state index is 5.57. The average Bonchev–Trinajstić information content (AvgIpc) is 2.39. The first-order valence-corrected chi connectivity index (χ1v) is 4.70. The summed E-state index contributed by atoms with van der Waals surface area (Å²) in [5.74, 6) is 0. The molecule has 62 valence electrons. The molecule has 11 heavy (non-hydrogen) atoms. The second-order valence-corrected chi connectivity index (χ2v) is 3.52. The molecule has 0 aliphatic rings. The fraction of sp³-hybridized carbons (Fsp3) is 0.500. The monoisotopic (exact) mass is 170 g/mol. The maximum Gasteiger partial charge on any atom is 0.0214 e. The molecule has 0 amide bonds. The Hall–Kier alpha value is -0.380. The smallest absolute Gasteiger partial charge is 0.0214 e. The number of thiophene rings is 1. The largest absolute Gasteiger partial charge is 0.327 e. The lowest BCUT2D eigenvalue weighted by atomic mass is 10.3. The topological polar surface area (TPSA) is 38.0 Å². The molecule has 0 spiro atoms. The number of nitrogens with one attached hydrogen (secondary N) is 1. The van der Waals surface area contributed by atoms with Gasteiger partial charge in [0.15, 0.2) is 0 Å². The van der Waals surface area contributed by atoms with E-state index in [1.165, 1.54) is 5.56 Å². The van der Waals surface area contributed by atoms with E-state index in [2.05, 4.69) is 22.1 Å². The van der Waals surface area contributed by atoms with Crippen LogP contribution in [0.15, 0.2) is 16.8 Å². The molecule has 0 aliphatic heterocycles. The predicted octanol–water partition coefficient (Wildman–Crippen LogP) is 1.18. The molecule has 0 fully saturated rings. The fourth-order valence-corrected chi connectivity index (χ4v) is 1.51. The average molecular weight is 170 g/mol. The Bertz CT molecular complexity index is 182. The summed E-state index contributed by atoms with van der Waals surface area (Å²) in [6.45, 7) is 3.82. The Morgan fingerprint density at radius 3 is 3.09 bits per heavy atom. The van der Waals surface area contributed by atoms with Crippen molar-refractivity contribution in [3.8, 4) is 0 Å². The third kappa shape index (κ3) is 3.51. The van der Waals surface area contributed by atoms with Crippen LogP contribution in [0.2, 0.25) is 0 Å². The number of hydrogen-bond acceptors (Lipinski definition) is 3. The van der Waals surface area contributed by atoms with Crippen molar-refractivity contribution in [2.24, 2.45) is 5.73 Å². The van der Waals surface area contributed by atoms with Gasteiger partial charge in [0.1, 0.15) is 0 Å². The molecule has 1 rings (SSSR count). The summed E-state index contributed by atoms with van der Waals surface area (Å²) in [5.41, 5.74) is 6.92. The molecule has 1 aromatic heterocycles. The predicted molar refractivity (Wildman–Crippen MR) is 49.7 cm³/mol. The van der Waals surface area contributed by atoms with Gasteiger partial charge in [-0.15, -0.1) is 0 Å². The van der Waals surface area contributed by atoms with Crippen LogP contribution in [-0.4, -0.2) is 12.6 Å². The van der Waals surface area contributed by atoms with Gasteiger partial charge in [-0.05, 0) is 29.3 Å². The van der Waals surface area contributed by atoms with Crippen molar-refractivity contribution in [2.45, 2.75) is 19.5 Å². The highest BCUT2D eigenvalue weighted by Crippen LogP contribution is 2.04. The van der Waals surface area contributed by atoms with Crippen LogP contribution in [0, 0.1) is 0 Å². The van der Waals surface area contributed by atoms with E-state index in [9.17, 15) is 0 Å². The van der Waals surface area contributed by atoms with Crippen molar-refractivity contribution in [3.05, 3.63) is 22.4 Å². The SMILES string of the molecule is CC(N)CNCc1ccsc1. The van der Waals surface area contributed by atoms with Gasteiger partial charge in [0.05, 0.1) is 0 Å². The van der Waals surface area contributed by atoms with Gasteiger partial charge in [-0.3, -0.25) is 0 Å². The second-order valence-electron chi connectivity index (χ2n) is 2.74.